The molecule has 1 aromatic heterocycles. The van der Waals surface area contributed by atoms with E-state index in [0.717, 1.165) is 10.4 Å². The third-order valence-electron chi connectivity index (χ3n) is 2.77. The lowest BCUT2D eigenvalue weighted by atomic mass is 10.3. The summed E-state index contributed by atoms with van der Waals surface area (Å²) in [6.07, 6.45) is 0. The van der Waals surface area contributed by atoms with E-state index in [1.54, 1.807) is 26.1 Å². The first kappa shape index (κ1) is 16.6. The topological polar surface area (TPSA) is 58.2 Å². The molecule has 0 amide bonds. The quantitative estimate of drug-likeness (QED) is 0.845. The number of hydrogen-bond donors (Lipinski definition) is 2. The summed E-state index contributed by atoms with van der Waals surface area (Å²) in [6.45, 7) is 2.27. The van der Waals surface area contributed by atoms with Crippen LogP contribution in [0.4, 0.5) is 5.69 Å². The van der Waals surface area contributed by atoms with Crippen LogP contribution in [0.1, 0.15) is 10.4 Å². The van der Waals surface area contributed by atoms with Crippen molar-refractivity contribution in [1.82, 2.24) is 5.32 Å². The second kappa shape index (κ2) is 6.54. The van der Waals surface area contributed by atoms with Crippen LogP contribution in [0.15, 0.2) is 28.5 Å². The van der Waals surface area contributed by atoms with Crippen molar-refractivity contribution in [2.24, 2.45) is 0 Å². The lowest BCUT2D eigenvalue weighted by Gasteiger charge is -2.11. The van der Waals surface area contributed by atoms with Gasteiger partial charge in [0.2, 0.25) is 0 Å². The molecule has 1 aromatic carbocycles. The molecule has 2 rings (SSSR count). The first-order valence-electron chi connectivity index (χ1n) is 6.04. The van der Waals surface area contributed by atoms with E-state index in [1.165, 1.54) is 17.4 Å². The van der Waals surface area contributed by atoms with Crippen molar-refractivity contribution < 1.29 is 8.42 Å². The molecule has 0 aliphatic rings. The summed E-state index contributed by atoms with van der Waals surface area (Å²) in [4.78, 5) is 1.08. The molecule has 114 valence electrons. The van der Waals surface area contributed by atoms with Crippen molar-refractivity contribution in [2.75, 3.05) is 11.8 Å². The fraction of sp³-hybridized carbons (Fsp3) is 0.231. The fourth-order valence-corrected chi connectivity index (χ4v) is 5.07. The van der Waals surface area contributed by atoms with Gasteiger partial charge in [-0.2, -0.15) is 0 Å². The summed E-state index contributed by atoms with van der Waals surface area (Å²) in [5.74, 6) is 0. The molecule has 0 spiro atoms. The molecule has 0 radical (unpaired) electrons. The second-order valence-corrected chi connectivity index (χ2v) is 7.83. The normalized spacial score (nSPS) is 11.6. The highest BCUT2D eigenvalue weighted by molar-refractivity contribution is 7.93. The maximum Gasteiger partial charge on any atom is 0.263 e. The number of rotatable bonds is 5. The Morgan fingerprint density at radius 2 is 1.95 bits per heavy atom. The molecule has 1 heterocycles. The van der Waals surface area contributed by atoms with E-state index in [-0.39, 0.29) is 0 Å². The molecule has 0 saturated carbocycles. The molecule has 2 N–H and O–H groups in total. The molecule has 0 atom stereocenters. The van der Waals surface area contributed by atoms with Gasteiger partial charge in [0.25, 0.3) is 10.0 Å². The summed E-state index contributed by atoms with van der Waals surface area (Å²) >= 11 is 13.1. The molecule has 0 aliphatic carbocycles. The van der Waals surface area contributed by atoms with Crippen LogP contribution < -0.4 is 10.0 Å². The predicted molar refractivity (Wildman–Crippen MR) is 89.1 cm³/mol. The molecule has 0 aliphatic heterocycles. The lowest BCUT2D eigenvalue weighted by Crippen LogP contribution is -2.16. The van der Waals surface area contributed by atoms with Crippen LogP contribution in [0.25, 0.3) is 0 Å². The Kier molecular flexibility index (Phi) is 5.16. The smallest absolute Gasteiger partial charge is 0.263 e. The molecule has 21 heavy (non-hydrogen) atoms. The predicted octanol–water partition coefficient (Wildman–Crippen LogP) is 3.88. The van der Waals surface area contributed by atoms with E-state index >= 15 is 0 Å². The fourth-order valence-electron chi connectivity index (χ4n) is 1.90. The first-order chi connectivity index (χ1) is 9.85. The minimum absolute atomic E-state index is 0.300. The Morgan fingerprint density at radius 3 is 2.57 bits per heavy atom. The highest BCUT2D eigenvalue weighted by atomic mass is 35.5. The van der Waals surface area contributed by atoms with Crippen LogP contribution in [0.5, 0.6) is 0 Å². The maximum atomic E-state index is 12.6. The van der Waals surface area contributed by atoms with Crippen LogP contribution in [-0.2, 0) is 16.6 Å². The highest BCUT2D eigenvalue weighted by Crippen LogP contribution is 2.30. The Bertz CT molecular complexity index is 758. The summed E-state index contributed by atoms with van der Waals surface area (Å²) in [7, 11) is -1.89. The van der Waals surface area contributed by atoms with Crippen molar-refractivity contribution in [3.8, 4) is 0 Å². The van der Waals surface area contributed by atoms with Gasteiger partial charge in [0.15, 0.2) is 0 Å². The lowest BCUT2D eigenvalue weighted by molar-refractivity contribution is 0.599. The highest BCUT2D eigenvalue weighted by Gasteiger charge is 2.23. The van der Waals surface area contributed by atoms with Gasteiger partial charge in [-0.05, 0) is 43.1 Å². The maximum absolute atomic E-state index is 12.6. The van der Waals surface area contributed by atoms with Gasteiger partial charge in [-0.3, -0.25) is 4.72 Å². The first-order valence-corrected chi connectivity index (χ1v) is 9.16. The minimum atomic E-state index is -3.66. The number of anilines is 1. The molecule has 8 heteroatoms. The average molecular weight is 365 g/mol. The van der Waals surface area contributed by atoms with Gasteiger partial charge in [-0.1, -0.05) is 23.2 Å². The Morgan fingerprint density at radius 1 is 1.24 bits per heavy atom. The van der Waals surface area contributed by atoms with E-state index in [1.807, 2.05) is 5.38 Å². The van der Waals surface area contributed by atoms with Gasteiger partial charge in [-0.15, -0.1) is 11.3 Å². The molecule has 2 aromatic rings. The van der Waals surface area contributed by atoms with Gasteiger partial charge in [0.05, 0.1) is 15.7 Å². The van der Waals surface area contributed by atoms with Crippen molar-refractivity contribution in [3.05, 3.63) is 44.1 Å². The van der Waals surface area contributed by atoms with Crippen molar-refractivity contribution in [1.29, 1.82) is 0 Å². The molecule has 0 unspecified atom stereocenters. The number of sulfonamides is 1. The number of aryl methyl sites for hydroxylation is 1. The number of thiophene rings is 1. The van der Waals surface area contributed by atoms with Gasteiger partial charge in [0.1, 0.15) is 4.90 Å². The van der Waals surface area contributed by atoms with Gasteiger partial charge in [-0.25, -0.2) is 8.42 Å². The van der Waals surface area contributed by atoms with E-state index in [2.05, 4.69) is 10.0 Å². The molecule has 0 bridgehead atoms. The Labute approximate surface area is 138 Å². The van der Waals surface area contributed by atoms with Crippen LogP contribution >= 0.6 is 34.5 Å². The van der Waals surface area contributed by atoms with E-state index in [4.69, 9.17) is 23.2 Å². The van der Waals surface area contributed by atoms with Crippen LogP contribution in [0.3, 0.4) is 0 Å². The zero-order chi connectivity index (χ0) is 15.6. The minimum Gasteiger partial charge on any atom is -0.315 e. The van der Waals surface area contributed by atoms with E-state index in [0.29, 0.717) is 27.2 Å². The summed E-state index contributed by atoms with van der Waals surface area (Å²) in [5, 5.41) is 5.48. The van der Waals surface area contributed by atoms with E-state index in [9.17, 15) is 8.42 Å². The number of hydrogen-bond acceptors (Lipinski definition) is 4. The Balaban J connectivity index is 2.38. The molecule has 0 saturated heterocycles. The SMILES string of the molecule is CNCc1scc(C)c1S(=O)(=O)Nc1ccc(Cl)c(Cl)c1. The third-order valence-corrected chi connectivity index (χ3v) is 6.35. The molecular formula is C13H14Cl2N2O2S2. The number of nitrogens with one attached hydrogen (secondary N) is 2. The van der Waals surface area contributed by atoms with E-state index < -0.39 is 10.0 Å². The zero-order valence-corrected chi connectivity index (χ0v) is 14.6. The third kappa shape index (κ3) is 3.70. The molecular weight excluding hydrogens is 351 g/mol. The van der Waals surface area contributed by atoms with Crippen LogP contribution in [-0.4, -0.2) is 15.5 Å². The van der Waals surface area contributed by atoms with Crippen molar-refractivity contribution in [2.45, 2.75) is 18.4 Å². The average Bonchev–Trinajstić information content (AvgIpc) is 2.76. The van der Waals surface area contributed by atoms with Gasteiger partial charge < -0.3 is 5.32 Å². The molecule has 4 nitrogen and oxygen atoms in total. The van der Waals surface area contributed by atoms with Gasteiger partial charge in [0, 0.05) is 11.4 Å². The summed E-state index contributed by atoms with van der Waals surface area (Å²) < 4.78 is 27.7. The largest absolute Gasteiger partial charge is 0.315 e. The summed E-state index contributed by atoms with van der Waals surface area (Å²) in [6, 6.07) is 4.61. The zero-order valence-electron chi connectivity index (χ0n) is 11.4. The second-order valence-electron chi connectivity index (χ2n) is 4.44. The van der Waals surface area contributed by atoms with Crippen LogP contribution in [0.2, 0.25) is 10.0 Å². The van der Waals surface area contributed by atoms with Gasteiger partial charge >= 0.3 is 0 Å². The van der Waals surface area contributed by atoms with Crippen molar-refractivity contribution >= 4 is 50.2 Å². The van der Waals surface area contributed by atoms with Crippen molar-refractivity contribution in [3.63, 3.8) is 0 Å². The number of benzene rings is 1. The standard InChI is InChI=1S/C13H14Cl2N2O2S2/c1-8-7-20-12(6-16-2)13(8)21(18,19)17-9-3-4-10(14)11(15)5-9/h3-5,7,16-17H,6H2,1-2H3. The summed E-state index contributed by atoms with van der Waals surface area (Å²) in [5.41, 5.74) is 1.10. The van der Waals surface area contributed by atoms with Crippen LogP contribution in [0, 0.1) is 6.92 Å². The monoisotopic (exact) mass is 364 g/mol. The Hall–Kier alpha value is -0.790. The molecule has 0 fully saturated rings. The number of halogens is 2.